The second kappa shape index (κ2) is 4.29. The number of pyridine rings is 1. The van der Waals surface area contributed by atoms with Gasteiger partial charge < -0.3 is 9.80 Å². The zero-order chi connectivity index (χ0) is 10.8. The molecule has 0 aromatic carbocycles. The molecule has 15 heavy (non-hydrogen) atoms. The molecule has 3 heteroatoms. The van der Waals surface area contributed by atoms with Gasteiger partial charge in [0.05, 0.1) is 5.69 Å². The first-order valence-corrected chi connectivity index (χ1v) is 5.33. The van der Waals surface area contributed by atoms with Crippen LogP contribution in [-0.2, 0) is 19.5 Å². The van der Waals surface area contributed by atoms with E-state index >= 15 is 0 Å². The highest BCUT2D eigenvalue weighted by molar-refractivity contribution is 5.25. The minimum atomic E-state index is 0.918. The Kier molecular flexibility index (Phi) is 3.03. The monoisotopic (exact) mass is 204 g/mol. The van der Waals surface area contributed by atoms with Gasteiger partial charge in [-0.25, -0.2) is 0 Å². The third-order valence-electron chi connectivity index (χ3n) is 2.66. The van der Waals surface area contributed by atoms with Gasteiger partial charge in [-0.05, 0) is 38.8 Å². The van der Waals surface area contributed by atoms with Crippen molar-refractivity contribution in [2.24, 2.45) is 0 Å². The first kappa shape index (κ1) is 10.6. The second-order valence-electron chi connectivity index (χ2n) is 4.45. The van der Waals surface area contributed by atoms with E-state index in [9.17, 15) is 0 Å². The molecular formula is C12H18N3-. The zero-order valence-corrected chi connectivity index (χ0v) is 9.53. The largest absolute Gasteiger partial charge is 0.455 e. The summed E-state index contributed by atoms with van der Waals surface area (Å²) >= 11 is 0. The zero-order valence-electron chi connectivity index (χ0n) is 9.53. The van der Waals surface area contributed by atoms with Crippen molar-refractivity contribution in [1.29, 1.82) is 0 Å². The summed E-state index contributed by atoms with van der Waals surface area (Å²) in [6, 6.07) is 4.32. The first-order chi connectivity index (χ1) is 7.15. The van der Waals surface area contributed by atoms with Crippen LogP contribution in [0.2, 0.25) is 0 Å². The van der Waals surface area contributed by atoms with Crippen LogP contribution in [0, 0.1) is 7.05 Å². The van der Waals surface area contributed by atoms with Crippen LogP contribution in [-0.4, -0.2) is 35.4 Å². The van der Waals surface area contributed by atoms with E-state index in [1.165, 1.54) is 11.3 Å². The van der Waals surface area contributed by atoms with Gasteiger partial charge in [0.2, 0.25) is 0 Å². The van der Waals surface area contributed by atoms with E-state index in [2.05, 4.69) is 43.1 Å². The molecule has 2 heterocycles. The Bertz CT molecular complexity index is 347. The predicted molar refractivity (Wildman–Crippen MR) is 61.1 cm³/mol. The molecule has 0 radical (unpaired) electrons. The van der Waals surface area contributed by atoms with Gasteiger partial charge in [-0.15, -0.1) is 0 Å². The molecule has 1 aromatic heterocycles. The lowest BCUT2D eigenvalue weighted by Crippen LogP contribution is -2.26. The van der Waals surface area contributed by atoms with E-state index in [0.29, 0.717) is 0 Å². The van der Waals surface area contributed by atoms with Crippen molar-refractivity contribution in [3.05, 3.63) is 36.1 Å². The minimum Gasteiger partial charge on any atom is -0.455 e. The molecule has 0 N–H and O–H groups in total. The van der Waals surface area contributed by atoms with Crippen LogP contribution >= 0.6 is 0 Å². The summed E-state index contributed by atoms with van der Waals surface area (Å²) in [5, 5.41) is 0. The van der Waals surface area contributed by atoms with Gasteiger partial charge >= 0.3 is 0 Å². The molecule has 0 amide bonds. The Morgan fingerprint density at radius 3 is 3.00 bits per heavy atom. The van der Waals surface area contributed by atoms with Crippen LogP contribution in [0.15, 0.2) is 12.1 Å². The average molecular weight is 204 g/mol. The van der Waals surface area contributed by atoms with Crippen LogP contribution in [0.1, 0.15) is 17.0 Å². The summed E-state index contributed by atoms with van der Waals surface area (Å²) < 4.78 is 0. The van der Waals surface area contributed by atoms with Crippen LogP contribution in [0.5, 0.6) is 0 Å². The maximum absolute atomic E-state index is 4.69. The third-order valence-corrected chi connectivity index (χ3v) is 2.66. The van der Waals surface area contributed by atoms with Crippen molar-refractivity contribution in [2.75, 3.05) is 20.6 Å². The normalized spacial score (nSPS) is 16.8. The molecule has 0 saturated carbocycles. The van der Waals surface area contributed by atoms with Gasteiger partial charge in [0.25, 0.3) is 0 Å². The standard InChI is InChI=1S/C12H18N3/c1-14(2)9-11-5-4-10-8-15(3)7-6-12(10)13-11/h4-5H,3,6-9H2,1-2H3/q-1. The van der Waals surface area contributed by atoms with Crippen LogP contribution in [0.4, 0.5) is 0 Å². The summed E-state index contributed by atoms with van der Waals surface area (Å²) in [4.78, 5) is 8.93. The van der Waals surface area contributed by atoms with E-state index in [0.717, 1.165) is 31.7 Å². The Labute approximate surface area is 91.7 Å². The van der Waals surface area contributed by atoms with Gasteiger partial charge in [-0.1, -0.05) is 6.07 Å². The average Bonchev–Trinajstić information content (AvgIpc) is 2.17. The molecule has 82 valence electrons. The van der Waals surface area contributed by atoms with Crippen molar-refractivity contribution in [2.45, 2.75) is 19.5 Å². The van der Waals surface area contributed by atoms with Gasteiger partial charge in [-0.2, -0.15) is 0 Å². The topological polar surface area (TPSA) is 19.4 Å². The highest BCUT2D eigenvalue weighted by atomic mass is 15.1. The second-order valence-corrected chi connectivity index (χ2v) is 4.45. The SMILES string of the molecule is [CH2-]N1CCc2nc(CN(C)C)ccc2C1. The van der Waals surface area contributed by atoms with Crippen molar-refractivity contribution >= 4 is 0 Å². The predicted octanol–water partition coefficient (Wildman–Crippen LogP) is 1.29. The highest BCUT2D eigenvalue weighted by Crippen LogP contribution is 2.17. The van der Waals surface area contributed by atoms with Gasteiger partial charge in [0.15, 0.2) is 0 Å². The van der Waals surface area contributed by atoms with E-state index in [4.69, 9.17) is 4.98 Å². The summed E-state index contributed by atoms with van der Waals surface area (Å²) in [7, 11) is 8.10. The lowest BCUT2D eigenvalue weighted by Gasteiger charge is -2.31. The highest BCUT2D eigenvalue weighted by Gasteiger charge is 2.11. The van der Waals surface area contributed by atoms with Crippen molar-refractivity contribution < 1.29 is 0 Å². The molecule has 0 saturated heterocycles. The molecular weight excluding hydrogens is 186 g/mol. The molecule has 0 bridgehead atoms. The number of rotatable bonds is 2. The summed E-state index contributed by atoms with van der Waals surface area (Å²) in [6.07, 6.45) is 1.03. The fourth-order valence-electron chi connectivity index (χ4n) is 1.93. The Morgan fingerprint density at radius 1 is 1.47 bits per heavy atom. The van der Waals surface area contributed by atoms with E-state index in [1.807, 2.05) is 0 Å². The van der Waals surface area contributed by atoms with E-state index < -0.39 is 0 Å². The van der Waals surface area contributed by atoms with Crippen LogP contribution in [0.25, 0.3) is 0 Å². The maximum Gasteiger partial charge on any atom is 0.0547 e. The molecule has 3 nitrogen and oxygen atoms in total. The van der Waals surface area contributed by atoms with Crippen molar-refractivity contribution in [1.82, 2.24) is 14.8 Å². The van der Waals surface area contributed by atoms with Crippen molar-refractivity contribution in [3.8, 4) is 0 Å². The molecule has 1 aliphatic heterocycles. The van der Waals surface area contributed by atoms with Crippen molar-refractivity contribution in [3.63, 3.8) is 0 Å². The summed E-state index contributed by atoms with van der Waals surface area (Å²) in [5.41, 5.74) is 3.75. The fourth-order valence-corrected chi connectivity index (χ4v) is 1.93. The van der Waals surface area contributed by atoms with Gasteiger partial charge in [0.1, 0.15) is 0 Å². The number of fused-ring (bicyclic) bond motifs is 1. The summed E-state index contributed by atoms with van der Waals surface area (Å²) in [6.45, 7) is 2.87. The van der Waals surface area contributed by atoms with E-state index in [1.54, 1.807) is 0 Å². The maximum atomic E-state index is 4.69. The Hall–Kier alpha value is -0.930. The van der Waals surface area contributed by atoms with Gasteiger partial charge in [0, 0.05) is 18.7 Å². The molecule has 0 spiro atoms. The Morgan fingerprint density at radius 2 is 2.27 bits per heavy atom. The van der Waals surface area contributed by atoms with Crippen LogP contribution in [0.3, 0.4) is 0 Å². The Balaban J connectivity index is 2.19. The summed E-state index contributed by atoms with van der Waals surface area (Å²) in [5.74, 6) is 0. The number of aromatic nitrogens is 1. The first-order valence-electron chi connectivity index (χ1n) is 5.33. The quantitative estimate of drug-likeness (QED) is 0.677. The van der Waals surface area contributed by atoms with E-state index in [-0.39, 0.29) is 0 Å². The lowest BCUT2D eigenvalue weighted by molar-refractivity contribution is 0.341. The number of nitrogens with zero attached hydrogens (tertiary/aromatic N) is 3. The minimum absolute atomic E-state index is 0.918. The molecule has 2 rings (SSSR count). The third kappa shape index (κ3) is 2.55. The molecule has 0 atom stereocenters. The fraction of sp³-hybridized carbons (Fsp3) is 0.500. The van der Waals surface area contributed by atoms with Crippen LogP contribution < -0.4 is 0 Å². The number of hydrogen-bond donors (Lipinski definition) is 0. The lowest BCUT2D eigenvalue weighted by atomic mass is 10.1. The number of hydrogen-bond acceptors (Lipinski definition) is 3. The molecule has 0 aliphatic carbocycles. The molecule has 0 fully saturated rings. The molecule has 1 aliphatic rings. The molecule has 0 unspecified atom stereocenters. The van der Waals surface area contributed by atoms with Gasteiger partial charge in [-0.3, -0.25) is 12.0 Å². The smallest absolute Gasteiger partial charge is 0.0547 e. The molecule has 1 aromatic rings.